The maximum absolute atomic E-state index is 11.8. The summed E-state index contributed by atoms with van der Waals surface area (Å²) in [7, 11) is 3.31. The fourth-order valence-electron chi connectivity index (χ4n) is 3.71. The molecule has 0 spiro atoms. The first-order valence-electron chi connectivity index (χ1n) is 7.69. The number of hydrogen-bond acceptors (Lipinski definition) is 4. The van der Waals surface area contributed by atoms with Gasteiger partial charge in [-0.15, -0.1) is 0 Å². The van der Waals surface area contributed by atoms with Crippen LogP contribution in [0.2, 0.25) is 0 Å². The number of carbonyl (C=O) groups excluding carboxylic acids is 1. The van der Waals surface area contributed by atoms with Gasteiger partial charge in [0.15, 0.2) is 11.5 Å². The fourth-order valence-corrected chi connectivity index (χ4v) is 3.71. The van der Waals surface area contributed by atoms with Crippen molar-refractivity contribution in [1.82, 2.24) is 4.90 Å². The molecule has 1 aromatic carbocycles. The molecule has 2 aliphatic heterocycles. The van der Waals surface area contributed by atoms with Crippen molar-refractivity contribution in [3.8, 4) is 11.5 Å². The summed E-state index contributed by atoms with van der Waals surface area (Å²) in [6.07, 6.45) is 5.00. The highest BCUT2D eigenvalue weighted by molar-refractivity contribution is 5.80. The Morgan fingerprint density at radius 1 is 1.10 bits per heavy atom. The van der Waals surface area contributed by atoms with Gasteiger partial charge in [-0.05, 0) is 30.5 Å². The minimum absolute atomic E-state index is 0.429. The second-order valence-corrected chi connectivity index (χ2v) is 6.05. The third-order valence-corrected chi connectivity index (χ3v) is 4.75. The number of rotatable bonds is 4. The molecule has 2 heterocycles. The van der Waals surface area contributed by atoms with Crippen LogP contribution in [-0.4, -0.2) is 37.0 Å². The van der Waals surface area contributed by atoms with E-state index < -0.39 is 0 Å². The molecule has 0 aliphatic carbocycles. The summed E-state index contributed by atoms with van der Waals surface area (Å²) in [6, 6.07) is 6.95. The number of fused-ring (bicyclic) bond motifs is 2. The van der Waals surface area contributed by atoms with Crippen molar-refractivity contribution in [1.29, 1.82) is 0 Å². The quantitative estimate of drug-likeness (QED) is 0.854. The topological polar surface area (TPSA) is 38.8 Å². The number of carbonyl (C=O) groups is 1. The van der Waals surface area contributed by atoms with Gasteiger partial charge in [0, 0.05) is 31.5 Å². The number of hydrogen-bond donors (Lipinski definition) is 0. The second-order valence-electron chi connectivity index (χ2n) is 6.05. The van der Waals surface area contributed by atoms with Crippen LogP contribution in [0.1, 0.15) is 37.7 Å². The Balaban J connectivity index is 1.78. The third-order valence-electron chi connectivity index (χ3n) is 4.75. The van der Waals surface area contributed by atoms with Crippen LogP contribution in [-0.2, 0) is 11.3 Å². The molecule has 0 aromatic heterocycles. The average Bonchev–Trinajstić information content (AvgIpc) is 2.48. The summed E-state index contributed by atoms with van der Waals surface area (Å²) < 4.78 is 10.7. The molecule has 2 saturated heterocycles. The Hall–Kier alpha value is -1.55. The highest BCUT2D eigenvalue weighted by atomic mass is 16.5. The van der Waals surface area contributed by atoms with Crippen molar-refractivity contribution in [2.75, 3.05) is 14.2 Å². The number of nitrogens with zero attached hydrogens (tertiary/aromatic N) is 1. The molecule has 0 radical (unpaired) electrons. The van der Waals surface area contributed by atoms with Gasteiger partial charge in [0.2, 0.25) is 0 Å². The zero-order valence-electron chi connectivity index (χ0n) is 12.8. The average molecular weight is 289 g/mol. The molecule has 2 aliphatic rings. The highest BCUT2D eigenvalue weighted by Crippen LogP contribution is 2.35. The van der Waals surface area contributed by atoms with Gasteiger partial charge in [-0.25, -0.2) is 0 Å². The normalized spacial score (nSPS) is 25.7. The van der Waals surface area contributed by atoms with Crippen LogP contribution in [0.15, 0.2) is 18.2 Å². The van der Waals surface area contributed by atoms with Crippen LogP contribution in [0.25, 0.3) is 0 Å². The van der Waals surface area contributed by atoms with Gasteiger partial charge in [0.1, 0.15) is 5.78 Å². The maximum atomic E-state index is 11.8. The summed E-state index contributed by atoms with van der Waals surface area (Å²) in [5.74, 6) is 1.97. The van der Waals surface area contributed by atoms with Gasteiger partial charge >= 0.3 is 0 Å². The molecule has 3 rings (SSSR count). The molecule has 2 bridgehead atoms. The van der Waals surface area contributed by atoms with Gasteiger partial charge in [0.05, 0.1) is 14.2 Å². The molecule has 4 heteroatoms. The lowest BCUT2D eigenvalue weighted by molar-refractivity contribution is -0.127. The molecular weight excluding hydrogens is 266 g/mol. The third kappa shape index (κ3) is 2.91. The van der Waals surface area contributed by atoms with E-state index in [1.807, 2.05) is 12.1 Å². The monoisotopic (exact) mass is 289 g/mol. The number of piperidine rings is 2. The number of ketones is 1. The molecule has 0 N–H and O–H groups in total. The Morgan fingerprint density at radius 3 is 2.38 bits per heavy atom. The van der Waals surface area contributed by atoms with Crippen molar-refractivity contribution in [2.45, 2.75) is 50.7 Å². The van der Waals surface area contributed by atoms with E-state index in [0.29, 0.717) is 17.9 Å². The molecule has 2 unspecified atom stereocenters. The molecule has 4 nitrogen and oxygen atoms in total. The summed E-state index contributed by atoms with van der Waals surface area (Å²) >= 11 is 0. The molecule has 0 amide bonds. The van der Waals surface area contributed by atoms with Crippen molar-refractivity contribution in [2.24, 2.45) is 0 Å². The van der Waals surface area contributed by atoms with Gasteiger partial charge in [-0.1, -0.05) is 12.5 Å². The van der Waals surface area contributed by atoms with Crippen LogP contribution in [0.3, 0.4) is 0 Å². The number of Topliss-reactive ketones (excluding diaryl/α,β-unsaturated/α-hetero) is 1. The lowest BCUT2D eigenvalue weighted by atomic mass is 9.83. The van der Waals surface area contributed by atoms with Crippen LogP contribution in [0.5, 0.6) is 11.5 Å². The largest absolute Gasteiger partial charge is 0.493 e. The van der Waals surface area contributed by atoms with Gasteiger partial charge in [-0.2, -0.15) is 0 Å². The Bertz CT molecular complexity index is 513. The predicted octanol–water partition coefficient (Wildman–Crippen LogP) is 2.79. The first-order valence-corrected chi connectivity index (χ1v) is 7.69. The van der Waals surface area contributed by atoms with E-state index in [9.17, 15) is 4.79 Å². The van der Waals surface area contributed by atoms with Gasteiger partial charge < -0.3 is 9.47 Å². The molecule has 21 heavy (non-hydrogen) atoms. The molecule has 0 saturated carbocycles. The Kier molecular flexibility index (Phi) is 4.15. The van der Waals surface area contributed by atoms with Crippen LogP contribution in [0, 0.1) is 0 Å². The van der Waals surface area contributed by atoms with E-state index in [1.54, 1.807) is 14.2 Å². The van der Waals surface area contributed by atoms with E-state index in [1.165, 1.54) is 12.0 Å². The van der Waals surface area contributed by atoms with E-state index in [0.717, 1.165) is 43.7 Å². The number of ether oxygens (including phenoxy) is 2. The number of methoxy groups -OCH3 is 2. The highest BCUT2D eigenvalue weighted by Gasteiger charge is 2.37. The van der Waals surface area contributed by atoms with E-state index >= 15 is 0 Å². The van der Waals surface area contributed by atoms with Crippen molar-refractivity contribution < 1.29 is 14.3 Å². The van der Waals surface area contributed by atoms with Gasteiger partial charge in [0.25, 0.3) is 0 Å². The minimum atomic E-state index is 0.429. The van der Waals surface area contributed by atoms with Crippen LogP contribution >= 0.6 is 0 Å². The zero-order valence-corrected chi connectivity index (χ0v) is 12.8. The fraction of sp³-hybridized carbons (Fsp3) is 0.588. The summed E-state index contributed by atoms with van der Waals surface area (Å²) in [6.45, 7) is 0.892. The second kappa shape index (κ2) is 6.06. The van der Waals surface area contributed by atoms with Crippen molar-refractivity contribution in [3.63, 3.8) is 0 Å². The van der Waals surface area contributed by atoms with Crippen molar-refractivity contribution >= 4 is 5.78 Å². The van der Waals surface area contributed by atoms with Gasteiger partial charge in [-0.3, -0.25) is 9.69 Å². The smallest absolute Gasteiger partial charge is 0.161 e. The van der Waals surface area contributed by atoms with E-state index in [-0.39, 0.29) is 0 Å². The Morgan fingerprint density at radius 2 is 1.76 bits per heavy atom. The molecule has 114 valence electrons. The minimum Gasteiger partial charge on any atom is -0.493 e. The summed E-state index contributed by atoms with van der Waals surface area (Å²) in [4.78, 5) is 14.3. The molecular formula is C17H23NO3. The summed E-state index contributed by atoms with van der Waals surface area (Å²) in [5, 5.41) is 0. The Labute approximate surface area is 126 Å². The first-order chi connectivity index (χ1) is 10.2. The zero-order chi connectivity index (χ0) is 14.8. The molecule has 1 aromatic rings. The maximum Gasteiger partial charge on any atom is 0.161 e. The number of benzene rings is 1. The lowest BCUT2D eigenvalue weighted by Crippen LogP contribution is -2.51. The standard InChI is InChI=1S/C17H23NO3/c1-20-16-7-6-12(8-17(16)21-2)11-18-13-4-3-5-14(18)10-15(19)9-13/h6-8,13-14H,3-5,9-11H2,1-2H3. The molecule has 2 fully saturated rings. The van der Waals surface area contributed by atoms with Crippen LogP contribution in [0.4, 0.5) is 0 Å². The lowest BCUT2D eigenvalue weighted by Gasteiger charge is -2.45. The first kappa shape index (κ1) is 14.4. The van der Waals surface area contributed by atoms with E-state index in [4.69, 9.17) is 9.47 Å². The predicted molar refractivity (Wildman–Crippen MR) is 80.8 cm³/mol. The van der Waals surface area contributed by atoms with E-state index in [2.05, 4.69) is 11.0 Å². The van der Waals surface area contributed by atoms with Crippen molar-refractivity contribution in [3.05, 3.63) is 23.8 Å². The van der Waals surface area contributed by atoms with Crippen LogP contribution < -0.4 is 9.47 Å². The molecule has 2 atom stereocenters. The SMILES string of the molecule is COc1ccc(CN2C3CCCC2CC(=O)C3)cc1OC. The summed E-state index contributed by atoms with van der Waals surface area (Å²) in [5.41, 5.74) is 1.22.